The van der Waals surface area contributed by atoms with Gasteiger partial charge in [0.25, 0.3) is 0 Å². The number of pyridine rings is 1. The van der Waals surface area contributed by atoms with E-state index in [0.29, 0.717) is 18.8 Å². The minimum Gasteiger partial charge on any atom is -0.477 e. The number of hydrogen-bond acceptors (Lipinski definition) is 5. The second-order valence-electron chi connectivity index (χ2n) is 6.89. The number of nitrogens with zero attached hydrogens (tertiary/aromatic N) is 3. The van der Waals surface area contributed by atoms with Gasteiger partial charge in [-0.2, -0.15) is 5.10 Å². The van der Waals surface area contributed by atoms with Gasteiger partial charge in [0.15, 0.2) is 11.3 Å². The molecule has 7 nitrogen and oxygen atoms in total. The molecule has 0 aliphatic rings. The van der Waals surface area contributed by atoms with Crippen LogP contribution in [0.15, 0.2) is 60.7 Å². The Morgan fingerprint density at radius 2 is 1.87 bits per heavy atom. The lowest BCUT2D eigenvalue weighted by atomic mass is 10.0. The molecule has 2 aromatic heterocycles. The molecule has 2 aromatic carbocycles. The predicted molar refractivity (Wildman–Crippen MR) is 116 cm³/mol. The monoisotopic (exact) mass is 402 g/mol. The molecule has 0 unspecified atom stereocenters. The van der Waals surface area contributed by atoms with Crippen LogP contribution in [0.3, 0.4) is 0 Å². The van der Waals surface area contributed by atoms with Crippen molar-refractivity contribution < 1.29 is 14.6 Å². The van der Waals surface area contributed by atoms with Crippen LogP contribution in [0.5, 0.6) is 0 Å². The summed E-state index contributed by atoms with van der Waals surface area (Å²) in [5, 5.41) is 18.4. The Bertz CT molecular complexity index is 1180. The van der Waals surface area contributed by atoms with Crippen molar-refractivity contribution in [2.45, 2.75) is 6.92 Å². The molecule has 0 atom stereocenters. The molecule has 4 rings (SSSR count). The summed E-state index contributed by atoms with van der Waals surface area (Å²) in [7, 11) is 1.66. The SMILES string of the molecule is COCCNc1ccc(-c2cc(C(=O)O)nc3c2c(C)nn3-c2ccccc2)cc1. The van der Waals surface area contributed by atoms with Crippen LogP contribution in [0.4, 0.5) is 5.69 Å². The third-order valence-electron chi connectivity index (χ3n) is 4.86. The smallest absolute Gasteiger partial charge is 0.354 e. The van der Waals surface area contributed by atoms with Crippen LogP contribution in [-0.2, 0) is 4.74 Å². The molecule has 0 fully saturated rings. The van der Waals surface area contributed by atoms with E-state index in [1.807, 2.05) is 61.5 Å². The van der Waals surface area contributed by atoms with E-state index in [0.717, 1.165) is 33.6 Å². The Hall–Kier alpha value is -3.71. The molecule has 0 amide bonds. The summed E-state index contributed by atoms with van der Waals surface area (Å²) >= 11 is 0. The molecule has 0 radical (unpaired) electrons. The Balaban J connectivity index is 1.85. The molecular formula is C23H22N4O3. The fraction of sp³-hybridized carbons (Fsp3) is 0.174. The van der Waals surface area contributed by atoms with Crippen LogP contribution in [-0.4, -0.2) is 46.1 Å². The van der Waals surface area contributed by atoms with Gasteiger partial charge in [0.05, 0.1) is 23.4 Å². The second kappa shape index (κ2) is 8.34. The maximum atomic E-state index is 11.8. The number of rotatable bonds is 7. The topological polar surface area (TPSA) is 89.3 Å². The van der Waals surface area contributed by atoms with Crippen LogP contribution in [0.2, 0.25) is 0 Å². The van der Waals surface area contributed by atoms with E-state index >= 15 is 0 Å². The molecule has 30 heavy (non-hydrogen) atoms. The third kappa shape index (κ3) is 3.75. The van der Waals surface area contributed by atoms with E-state index in [2.05, 4.69) is 15.4 Å². The number of carboxylic acids is 1. The summed E-state index contributed by atoms with van der Waals surface area (Å²) in [6.45, 7) is 3.24. The van der Waals surface area contributed by atoms with Crippen LogP contribution in [0.1, 0.15) is 16.2 Å². The number of carboxylic acid groups (broad SMARTS) is 1. The molecular weight excluding hydrogens is 380 g/mol. The van der Waals surface area contributed by atoms with Gasteiger partial charge in [-0.15, -0.1) is 0 Å². The first-order chi connectivity index (χ1) is 14.6. The van der Waals surface area contributed by atoms with Crippen molar-refractivity contribution in [2.24, 2.45) is 0 Å². The van der Waals surface area contributed by atoms with E-state index in [9.17, 15) is 9.90 Å². The summed E-state index contributed by atoms with van der Waals surface area (Å²) in [4.78, 5) is 16.2. The number of benzene rings is 2. The quantitative estimate of drug-likeness (QED) is 0.452. The van der Waals surface area contributed by atoms with Gasteiger partial charge in [-0.3, -0.25) is 0 Å². The molecule has 0 bridgehead atoms. The second-order valence-corrected chi connectivity index (χ2v) is 6.89. The van der Waals surface area contributed by atoms with Crippen molar-refractivity contribution in [2.75, 3.05) is 25.6 Å². The van der Waals surface area contributed by atoms with Gasteiger partial charge in [0.2, 0.25) is 0 Å². The number of hydrogen-bond donors (Lipinski definition) is 2. The van der Waals surface area contributed by atoms with Crippen molar-refractivity contribution in [3.8, 4) is 16.8 Å². The van der Waals surface area contributed by atoms with E-state index < -0.39 is 5.97 Å². The molecule has 152 valence electrons. The number of anilines is 1. The number of carbonyl (C=O) groups is 1. The zero-order valence-electron chi connectivity index (χ0n) is 16.8. The van der Waals surface area contributed by atoms with Crippen LogP contribution in [0, 0.1) is 6.92 Å². The number of nitrogens with one attached hydrogen (secondary N) is 1. The summed E-state index contributed by atoms with van der Waals surface area (Å²) in [5.41, 5.74) is 4.78. The standard InChI is InChI=1S/C23H22N4O3/c1-15-21-19(16-8-10-17(11-9-16)24-12-13-30-2)14-20(23(28)29)25-22(21)27(26-15)18-6-4-3-5-7-18/h3-11,14,24H,12-13H2,1-2H3,(H,28,29). The van der Waals surface area contributed by atoms with E-state index in [1.165, 1.54) is 0 Å². The highest BCUT2D eigenvalue weighted by atomic mass is 16.5. The highest BCUT2D eigenvalue weighted by Gasteiger charge is 2.19. The number of aromatic nitrogens is 3. The van der Waals surface area contributed by atoms with Crippen molar-refractivity contribution in [1.29, 1.82) is 0 Å². The molecule has 2 heterocycles. The molecule has 2 N–H and O–H groups in total. The first kappa shape index (κ1) is 19.6. The van der Waals surface area contributed by atoms with Gasteiger partial charge in [0.1, 0.15) is 0 Å². The first-order valence-electron chi connectivity index (χ1n) is 9.61. The van der Waals surface area contributed by atoms with Crippen LogP contribution in [0.25, 0.3) is 27.8 Å². The maximum absolute atomic E-state index is 11.8. The Morgan fingerprint density at radius 1 is 1.13 bits per heavy atom. The van der Waals surface area contributed by atoms with Gasteiger partial charge in [0, 0.05) is 19.3 Å². The van der Waals surface area contributed by atoms with Gasteiger partial charge in [-0.1, -0.05) is 30.3 Å². The zero-order valence-corrected chi connectivity index (χ0v) is 16.8. The van der Waals surface area contributed by atoms with Crippen LogP contribution >= 0.6 is 0 Å². The molecule has 0 spiro atoms. The van der Waals surface area contributed by atoms with Crippen molar-refractivity contribution in [3.05, 3.63) is 72.1 Å². The van der Waals surface area contributed by atoms with Gasteiger partial charge in [-0.25, -0.2) is 14.5 Å². The largest absolute Gasteiger partial charge is 0.477 e. The molecule has 4 aromatic rings. The minimum atomic E-state index is -1.07. The number of ether oxygens (including phenoxy) is 1. The Kier molecular flexibility index (Phi) is 5.45. The number of aromatic carboxylic acids is 1. The minimum absolute atomic E-state index is 0.0168. The lowest BCUT2D eigenvalue weighted by Crippen LogP contribution is -2.07. The summed E-state index contributed by atoms with van der Waals surface area (Å²) in [5.74, 6) is -1.07. The van der Waals surface area contributed by atoms with Gasteiger partial charge < -0.3 is 15.2 Å². The average Bonchev–Trinajstić information content (AvgIpc) is 3.11. The number of methoxy groups -OCH3 is 1. The number of aryl methyl sites for hydroxylation is 1. The summed E-state index contributed by atoms with van der Waals surface area (Å²) in [6, 6.07) is 19.1. The molecule has 0 aliphatic carbocycles. The van der Waals surface area contributed by atoms with Crippen molar-refractivity contribution in [3.63, 3.8) is 0 Å². The molecule has 0 saturated heterocycles. The van der Waals surface area contributed by atoms with E-state index in [-0.39, 0.29) is 5.69 Å². The molecule has 7 heteroatoms. The van der Waals surface area contributed by atoms with E-state index in [1.54, 1.807) is 17.9 Å². The highest BCUT2D eigenvalue weighted by Crippen LogP contribution is 2.33. The van der Waals surface area contributed by atoms with Crippen molar-refractivity contribution in [1.82, 2.24) is 14.8 Å². The van der Waals surface area contributed by atoms with E-state index in [4.69, 9.17) is 4.74 Å². The fourth-order valence-electron chi connectivity index (χ4n) is 3.44. The first-order valence-corrected chi connectivity index (χ1v) is 9.61. The summed E-state index contributed by atoms with van der Waals surface area (Å²) in [6.07, 6.45) is 0. The fourth-order valence-corrected chi connectivity index (χ4v) is 3.44. The zero-order chi connectivity index (χ0) is 21.1. The molecule has 0 saturated carbocycles. The van der Waals surface area contributed by atoms with Gasteiger partial charge in [-0.05, 0) is 48.4 Å². The number of fused-ring (bicyclic) bond motifs is 1. The lowest BCUT2D eigenvalue weighted by molar-refractivity contribution is 0.0691. The average molecular weight is 402 g/mol. The normalized spacial score (nSPS) is 11.0. The Morgan fingerprint density at radius 3 is 2.53 bits per heavy atom. The summed E-state index contributed by atoms with van der Waals surface area (Å²) < 4.78 is 6.75. The highest BCUT2D eigenvalue weighted by molar-refractivity contribution is 6.00. The van der Waals surface area contributed by atoms with Crippen molar-refractivity contribution >= 4 is 22.7 Å². The predicted octanol–water partition coefficient (Wildman–Crippen LogP) is 4.15. The molecule has 0 aliphatic heterocycles. The Labute approximate surface area is 173 Å². The maximum Gasteiger partial charge on any atom is 0.354 e. The number of para-hydroxylation sites is 1. The van der Waals surface area contributed by atoms with Gasteiger partial charge >= 0.3 is 5.97 Å². The lowest BCUT2D eigenvalue weighted by Gasteiger charge is -2.10. The van der Waals surface area contributed by atoms with Crippen LogP contribution < -0.4 is 5.32 Å². The third-order valence-corrected chi connectivity index (χ3v) is 4.86.